The molecule has 32 heavy (non-hydrogen) atoms. The molecule has 7 heteroatoms. The molecule has 1 fully saturated rings. The van der Waals surface area contributed by atoms with Crippen LogP contribution in [-0.2, 0) is 17.8 Å². The summed E-state index contributed by atoms with van der Waals surface area (Å²) in [5.41, 5.74) is 1.91. The van der Waals surface area contributed by atoms with Crippen LogP contribution in [0.5, 0.6) is 11.5 Å². The molecule has 2 aromatic carbocycles. The third kappa shape index (κ3) is 5.05. The molecular weight excluding hydrogens is 429 g/mol. The van der Waals surface area contributed by atoms with Crippen LogP contribution in [0.2, 0.25) is 0 Å². The van der Waals surface area contributed by atoms with Crippen molar-refractivity contribution in [1.29, 1.82) is 0 Å². The number of halogens is 1. The Bertz CT molecular complexity index is 1070. The van der Waals surface area contributed by atoms with E-state index in [0.29, 0.717) is 40.4 Å². The van der Waals surface area contributed by atoms with Crippen molar-refractivity contribution >= 4 is 29.0 Å². The van der Waals surface area contributed by atoms with Crippen molar-refractivity contribution in [1.82, 2.24) is 4.90 Å². The number of nitrogens with zero attached hydrogens (tertiary/aromatic N) is 1. The zero-order valence-electron chi connectivity index (χ0n) is 18.4. The first-order chi connectivity index (χ1) is 15.4. The van der Waals surface area contributed by atoms with E-state index in [1.807, 2.05) is 19.9 Å². The molecule has 2 aromatic rings. The normalized spacial score (nSPS) is 15.9. The predicted molar refractivity (Wildman–Crippen MR) is 125 cm³/mol. The van der Waals surface area contributed by atoms with Gasteiger partial charge in [-0.25, -0.2) is 4.39 Å². The molecule has 0 aromatic heterocycles. The van der Waals surface area contributed by atoms with E-state index in [0.717, 1.165) is 17.3 Å². The van der Waals surface area contributed by atoms with E-state index in [4.69, 9.17) is 9.47 Å². The molecule has 0 N–H and O–H groups in total. The second kappa shape index (κ2) is 10.5. The predicted octanol–water partition coefficient (Wildman–Crippen LogP) is 5.98. The SMILES string of the molecule is C=CCc1cc(/C=C2/SC(=O)N([C@@H](C)CC)C2=O)cc(OC)c1OCc1ccccc1F. The highest BCUT2D eigenvalue weighted by Crippen LogP contribution is 2.38. The summed E-state index contributed by atoms with van der Waals surface area (Å²) in [5, 5.41) is -0.265. The average molecular weight is 456 g/mol. The van der Waals surface area contributed by atoms with Crippen LogP contribution in [-0.4, -0.2) is 29.2 Å². The lowest BCUT2D eigenvalue weighted by molar-refractivity contribution is -0.124. The van der Waals surface area contributed by atoms with Crippen LogP contribution >= 0.6 is 11.8 Å². The number of carbonyl (C=O) groups excluding carboxylic acids is 2. The van der Waals surface area contributed by atoms with E-state index in [2.05, 4.69) is 6.58 Å². The molecule has 1 atom stereocenters. The van der Waals surface area contributed by atoms with Crippen LogP contribution in [0.25, 0.3) is 6.08 Å². The Morgan fingerprint density at radius 3 is 2.62 bits per heavy atom. The van der Waals surface area contributed by atoms with Crippen LogP contribution in [0.4, 0.5) is 9.18 Å². The molecule has 1 aliphatic rings. The molecule has 0 bridgehead atoms. The number of ether oxygens (including phenoxy) is 2. The maximum atomic E-state index is 14.0. The van der Waals surface area contributed by atoms with Gasteiger partial charge in [-0.15, -0.1) is 6.58 Å². The van der Waals surface area contributed by atoms with Gasteiger partial charge in [-0.05, 0) is 61.4 Å². The number of amides is 2. The standard InChI is InChI=1S/C25H26FNO4S/c1-5-9-18-12-17(14-22-24(28)27(16(3)6-2)25(29)32-22)13-21(30-4)23(18)31-15-19-10-7-8-11-20(19)26/h5,7-8,10-14,16H,1,6,9,15H2,2-4H3/b22-14+/t16-/m0/s1. The monoisotopic (exact) mass is 455 g/mol. The lowest BCUT2D eigenvalue weighted by Crippen LogP contribution is -2.36. The summed E-state index contributed by atoms with van der Waals surface area (Å²) in [5.74, 6) is 0.303. The fourth-order valence-corrected chi connectivity index (χ4v) is 4.28. The van der Waals surface area contributed by atoms with Crippen molar-refractivity contribution in [3.05, 3.63) is 76.5 Å². The Morgan fingerprint density at radius 2 is 1.97 bits per heavy atom. The first kappa shape index (κ1) is 23.6. The van der Waals surface area contributed by atoms with Gasteiger partial charge < -0.3 is 9.47 Å². The smallest absolute Gasteiger partial charge is 0.293 e. The van der Waals surface area contributed by atoms with Crippen molar-refractivity contribution in [2.75, 3.05) is 7.11 Å². The average Bonchev–Trinajstić information content (AvgIpc) is 3.06. The second-order valence-corrected chi connectivity index (χ2v) is 8.39. The van der Waals surface area contributed by atoms with Gasteiger partial charge in [0.1, 0.15) is 12.4 Å². The van der Waals surface area contributed by atoms with E-state index in [1.54, 1.807) is 36.4 Å². The molecular formula is C25H26FNO4S. The molecule has 2 amide bonds. The van der Waals surface area contributed by atoms with Crippen LogP contribution in [0.3, 0.4) is 0 Å². The highest BCUT2D eigenvalue weighted by molar-refractivity contribution is 8.18. The topological polar surface area (TPSA) is 55.8 Å². The number of thioether (sulfide) groups is 1. The van der Waals surface area contributed by atoms with Crippen LogP contribution in [0.15, 0.2) is 54.0 Å². The zero-order valence-corrected chi connectivity index (χ0v) is 19.2. The van der Waals surface area contributed by atoms with Crippen LogP contribution < -0.4 is 9.47 Å². The van der Waals surface area contributed by atoms with Gasteiger partial charge in [0, 0.05) is 17.2 Å². The largest absolute Gasteiger partial charge is 0.493 e. The summed E-state index contributed by atoms with van der Waals surface area (Å²) in [6.07, 6.45) is 4.59. The zero-order chi connectivity index (χ0) is 23.3. The maximum Gasteiger partial charge on any atom is 0.293 e. The first-order valence-electron chi connectivity index (χ1n) is 10.3. The van der Waals surface area contributed by atoms with Crippen molar-refractivity contribution in [2.45, 2.75) is 39.3 Å². The minimum absolute atomic E-state index is 0.0420. The second-order valence-electron chi connectivity index (χ2n) is 7.39. The molecule has 5 nitrogen and oxygen atoms in total. The highest BCUT2D eigenvalue weighted by atomic mass is 32.2. The lowest BCUT2D eigenvalue weighted by atomic mass is 10.0. The van der Waals surface area contributed by atoms with E-state index in [9.17, 15) is 14.0 Å². The summed E-state index contributed by atoms with van der Waals surface area (Å²) >= 11 is 0.931. The Labute approximate surface area is 191 Å². The van der Waals surface area contributed by atoms with Gasteiger partial charge >= 0.3 is 0 Å². The number of hydrogen-bond donors (Lipinski definition) is 0. The minimum atomic E-state index is -0.342. The van der Waals surface area contributed by atoms with E-state index in [1.165, 1.54) is 18.1 Å². The Kier molecular flexibility index (Phi) is 7.75. The summed E-state index contributed by atoms with van der Waals surface area (Å²) < 4.78 is 25.5. The molecule has 1 saturated heterocycles. The Morgan fingerprint density at radius 1 is 1.22 bits per heavy atom. The number of methoxy groups -OCH3 is 1. The van der Waals surface area contributed by atoms with Gasteiger partial charge in [0.05, 0.1) is 12.0 Å². The fourth-order valence-electron chi connectivity index (χ4n) is 3.35. The van der Waals surface area contributed by atoms with Gasteiger partial charge in [-0.2, -0.15) is 0 Å². The fraction of sp³-hybridized carbons (Fsp3) is 0.280. The van der Waals surface area contributed by atoms with Crippen LogP contribution in [0, 0.1) is 5.82 Å². The Hall–Kier alpha value is -3.06. The van der Waals surface area contributed by atoms with Gasteiger partial charge in [0.25, 0.3) is 11.1 Å². The van der Waals surface area contributed by atoms with Gasteiger partial charge in [0.15, 0.2) is 11.5 Å². The first-order valence-corrected chi connectivity index (χ1v) is 11.2. The summed E-state index contributed by atoms with van der Waals surface area (Å²) in [7, 11) is 1.52. The number of allylic oxidation sites excluding steroid dienone is 1. The molecule has 0 radical (unpaired) electrons. The third-order valence-corrected chi connectivity index (χ3v) is 6.10. The lowest BCUT2D eigenvalue weighted by Gasteiger charge is -2.19. The van der Waals surface area contributed by atoms with Crippen molar-refractivity contribution in [3.63, 3.8) is 0 Å². The van der Waals surface area contributed by atoms with Gasteiger partial charge in [-0.3, -0.25) is 14.5 Å². The van der Waals surface area contributed by atoms with Crippen molar-refractivity contribution < 1.29 is 23.5 Å². The maximum absolute atomic E-state index is 14.0. The van der Waals surface area contributed by atoms with Crippen molar-refractivity contribution in [3.8, 4) is 11.5 Å². The summed E-state index contributed by atoms with van der Waals surface area (Å²) in [6.45, 7) is 7.63. The summed E-state index contributed by atoms with van der Waals surface area (Å²) in [6, 6.07) is 9.86. The number of imide groups is 1. The van der Waals surface area contributed by atoms with Gasteiger partial charge in [0.2, 0.25) is 0 Å². The van der Waals surface area contributed by atoms with E-state index >= 15 is 0 Å². The van der Waals surface area contributed by atoms with Gasteiger partial charge in [-0.1, -0.05) is 31.2 Å². The van der Waals surface area contributed by atoms with E-state index in [-0.39, 0.29) is 29.6 Å². The molecule has 0 aliphatic carbocycles. The molecule has 0 saturated carbocycles. The number of hydrogen-bond acceptors (Lipinski definition) is 5. The highest BCUT2D eigenvalue weighted by Gasteiger charge is 2.37. The summed E-state index contributed by atoms with van der Waals surface area (Å²) in [4.78, 5) is 26.7. The van der Waals surface area contributed by atoms with Crippen molar-refractivity contribution in [2.24, 2.45) is 0 Å². The molecule has 1 aliphatic heterocycles. The molecule has 1 heterocycles. The quantitative estimate of drug-likeness (QED) is 0.344. The van der Waals surface area contributed by atoms with Crippen LogP contribution in [0.1, 0.15) is 37.0 Å². The molecule has 0 spiro atoms. The molecule has 3 rings (SSSR count). The van der Waals surface area contributed by atoms with E-state index < -0.39 is 0 Å². The molecule has 168 valence electrons. The number of benzene rings is 2. The molecule has 0 unspecified atom stereocenters. The minimum Gasteiger partial charge on any atom is -0.493 e. The third-order valence-electron chi connectivity index (χ3n) is 5.22. The number of carbonyl (C=O) groups is 2. The number of rotatable bonds is 9. The Balaban J connectivity index is 1.94.